The first-order chi connectivity index (χ1) is 4.20. The highest BCUT2D eigenvalue weighted by Gasteiger charge is 1.86. The first-order valence-corrected chi connectivity index (χ1v) is 3.19. The molecule has 0 radical (unpaired) electrons. The Labute approximate surface area is 56.1 Å². The third-order valence-corrected chi connectivity index (χ3v) is 1.22. The summed E-state index contributed by atoms with van der Waals surface area (Å²) in [6.45, 7) is 5.62. The summed E-state index contributed by atoms with van der Waals surface area (Å²) in [6.07, 6.45) is 3.93. The van der Waals surface area contributed by atoms with Crippen molar-refractivity contribution in [2.75, 3.05) is 0 Å². The summed E-state index contributed by atoms with van der Waals surface area (Å²) in [4.78, 5) is 0. The summed E-state index contributed by atoms with van der Waals surface area (Å²) >= 11 is 0. The zero-order chi connectivity index (χ0) is 7.28. The van der Waals surface area contributed by atoms with Crippen LogP contribution in [0.4, 0.5) is 4.39 Å². The molecule has 0 heterocycles. The molecule has 0 aromatic carbocycles. The van der Waals surface area contributed by atoms with Gasteiger partial charge in [-0.3, -0.25) is 0 Å². The summed E-state index contributed by atoms with van der Waals surface area (Å²) in [6, 6.07) is 0. The summed E-state index contributed by atoms with van der Waals surface area (Å²) < 4.78 is 12.4. The van der Waals surface area contributed by atoms with Crippen molar-refractivity contribution in [3.8, 4) is 0 Å². The van der Waals surface area contributed by atoms with Gasteiger partial charge in [0.15, 0.2) is 0 Å². The molecule has 0 aliphatic carbocycles. The van der Waals surface area contributed by atoms with Crippen molar-refractivity contribution < 1.29 is 4.39 Å². The molecule has 0 saturated carbocycles. The van der Waals surface area contributed by atoms with Gasteiger partial charge in [0, 0.05) is 0 Å². The maximum Gasteiger partial charge on any atom is 0.118 e. The van der Waals surface area contributed by atoms with E-state index in [0.29, 0.717) is 0 Å². The molecule has 0 aliphatic heterocycles. The third-order valence-electron chi connectivity index (χ3n) is 1.22. The van der Waals surface area contributed by atoms with Gasteiger partial charge in [0.05, 0.1) is 0 Å². The van der Waals surface area contributed by atoms with E-state index < -0.39 is 0 Å². The molecule has 0 unspecified atom stereocenters. The molecule has 0 atom stereocenters. The fraction of sp³-hybridized carbons (Fsp3) is 0.500. The van der Waals surface area contributed by atoms with Crippen molar-refractivity contribution >= 4 is 0 Å². The van der Waals surface area contributed by atoms with Gasteiger partial charge in [-0.15, -0.1) is 0 Å². The summed E-state index contributed by atoms with van der Waals surface area (Å²) in [5.41, 5.74) is 1.07. The van der Waals surface area contributed by atoms with Crippen LogP contribution in [0.2, 0.25) is 0 Å². The quantitative estimate of drug-likeness (QED) is 0.501. The van der Waals surface area contributed by atoms with Gasteiger partial charge in [-0.1, -0.05) is 18.6 Å². The van der Waals surface area contributed by atoms with Crippen molar-refractivity contribution in [1.29, 1.82) is 0 Å². The predicted molar refractivity (Wildman–Crippen MR) is 38.9 cm³/mol. The first-order valence-electron chi connectivity index (χ1n) is 3.19. The Morgan fingerprint density at radius 1 is 1.56 bits per heavy atom. The Kier molecular flexibility index (Phi) is 4.02. The topological polar surface area (TPSA) is 0 Å². The van der Waals surface area contributed by atoms with Gasteiger partial charge in [-0.2, -0.15) is 0 Å². The second-order valence-corrected chi connectivity index (χ2v) is 2.02. The van der Waals surface area contributed by atoms with E-state index in [2.05, 4.69) is 0 Å². The van der Waals surface area contributed by atoms with Crippen molar-refractivity contribution in [3.63, 3.8) is 0 Å². The highest BCUT2D eigenvalue weighted by atomic mass is 19.1. The highest BCUT2D eigenvalue weighted by Crippen LogP contribution is 2.05. The largest absolute Gasteiger partial charge is 0.207 e. The van der Waals surface area contributed by atoms with E-state index in [4.69, 9.17) is 0 Å². The fourth-order valence-electron chi connectivity index (χ4n) is 0.421. The molecular weight excluding hydrogens is 115 g/mol. The predicted octanol–water partition coefficient (Wildman–Crippen LogP) is 3.22. The maximum absolute atomic E-state index is 12.4. The normalized spacial score (nSPS) is 14.2. The smallest absolute Gasteiger partial charge is 0.118 e. The molecule has 1 heteroatoms. The second-order valence-electron chi connectivity index (χ2n) is 2.02. The van der Waals surface area contributed by atoms with Crippen molar-refractivity contribution in [3.05, 3.63) is 23.6 Å². The molecule has 52 valence electrons. The van der Waals surface area contributed by atoms with Crippen LogP contribution in [0, 0.1) is 0 Å². The number of allylic oxidation sites excluding steroid dienone is 4. The number of hydrogen-bond acceptors (Lipinski definition) is 0. The molecular formula is C8H13F. The highest BCUT2D eigenvalue weighted by molar-refractivity contribution is 5.15. The van der Waals surface area contributed by atoms with Crippen LogP contribution in [0.1, 0.15) is 27.2 Å². The van der Waals surface area contributed by atoms with E-state index in [-0.39, 0.29) is 5.83 Å². The van der Waals surface area contributed by atoms with Gasteiger partial charge in [0.2, 0.25) is 0 Å². The molecule has 0 aliphatic rings. The monoisotopic (exact) mass is 128 g/mol. The minimum atomic E-state index is -0.144. The van der Waals surface area contributed by atoms with Crippen LogP contribution in [0.5, 0.6) is 0 Å². The van der Waals surface area contributed by atoms with E-state index in [1.54, 1.807) is 13.0 Å². The molecule has 0 amide bonds. The van der Waals surface area contributed by atoms with Gasteiger partial charge >= 0.3 is 0 Å². The van der Waals surface area contributed by atoms with Crippen molar-refractivity contribution in [2.45, 2.75) is 27.2 Å². The van der Waals surface area contributed by atoms with Gasteiger partial charge in [0.25, 0.3) is 0 Å². The van der Waals surface area contributed by atoms with Crippen molar-refractivity contribution in [2.24, 2.45) is 0 Å². The van der Waals surface area contributed by atoms with Gasteiger partial charge in [-0.25, -0.2) is 4.39 Å². The Bertz CT molecular complexity index is 132. The Morgan fingerprint density at radius 2 is 2.11 bits per heavy atom. The third kappa shape index (κ3) is 3.95. The van der Waals surface area contributed by atoms with E-state index >= 15 is 0 Å². The maximum atomic E-state index is 12.4. The molecule has 0 saturated heterocycles. The number of halogens is 1. The number of hydrogen-bond donors (Lipinski definition) is 0. The minimum Gasteiger partial charge on any atom is -0.207 e. The minimum absolute atomic E-state index is 0.144. The van der Waals surface area contributed by atoms with Crippen LogP contribution in [-0.4, -0.2) is 0 Å². The van der Waals surface area contributed by atoms with E-state index in [9.17, 15) is 4.39 Å². The Balaban J connectivity index is 3.95. The lowest BCUT2D eigenvalue weighted by Crippen LogP contribution is -1.71. The molecule has 0 fully saturated rings. The van der Waals surface area contributed by atoms with Crippen LogP contribution >= 0.6 is 0 Å². The van der Waals surface area contributed by atoms with Crippen LogP contribution in [-0.2, 0) is 0 Å². The zero-order valence-corrected chi connectivity index (χ0v) is 6.24. The van der Waals surface area contributed by atoms with Gasteiger partial charge < -0.3 is 0 Å². The molecule has 0 N–H and O–H groups in total. The van der Waals surface area contributed by atoms with Crippen LogP contribution in [0.3, 0.4) is 0 Å². The number of rotatable bonds is 2. The van der Waals surface area contributed by atoms with Gasteiger partial charge in [-0.05, 0) is 26.3 Å². The molecule has 0 rings (SSSR count). The zero-order valence-electron chi connectivity index (χ0n) is 6.24. The molecule has 0 nitrogen and oxygen atoms in total. The summed E-state index contributed by atoms with van der Waals surface area (Å²) in [5.74, 6) is -0.144. The average Bonchev–Trinajstić information content (AvgIpc) is 1.87. The van der Waals surface area contributed by atoms with E-state index in [1.165, 1.54) is 6.08 Å². The lowest BCUT2D eigenvalue weighted by atomic mass is 10.2. The Morgan fingerprint density at radius 3 is 2.44 bits per heavy atom. The summed E-state index contributed by atoms with van der Waals surface area (Å²) in [5, 5.41) is 0. The molecule has 0 spiro atoms. The summed E-state index contributed by atoms with van der Waals surface area (Å²) in [7, 11) is 0. The Hall–Kier alpha value is -0.590. The van der Waals surface area contributed by atoms with Gasteiger partial charge in [0.1, 0.15) is 5.83 Å². The fourth-order valence-corrected chi connectivity index (χ4v) is 0.421. The SMILES string of the molecule is C/C=C(F)\C=C(/C)CC. The lowest BCUT2D eigenvalue weighted by Gasteiger charge is -1.90. The molecule has 0 bridgehead atoms. The van der Waals surface area contributed by atoms with E-state index in [0.717, 1.165) is 12.0 Å². The molecule has 0 aromatic rings. The van der Waals surface area contributed by atoms with Crippen LogP contribution < -0.4 is 0 Å². The standard InChI is InChI=1S/C8H13F/c1-4-7(3)6-8(9)5-2/h5-6H,4H2,1-3H3/b7-6+,8-5+. The second kappa shape index (κ2) is 4.30. The molecule has 9 heavy (non-hydrogen) atoms. The molecule has 0 aromatic heterocycles. The average molecular weight is 128 g/mol. The first kappa shape index (κ1) is 8.41. The van der Waals surface area contributed by atoms with Crippen molar-refractivity contribution in [1.82, 2.24) is 0 Å². The lowest BCUT2D eigenvalue weighted by molar-refractivity contribution is 0.662. The van der Waals surface area contributed by atoms with E-state index in [1.807, 2.05) is 13.8 Å². The van der Waals surface area contributed by atoms with Crippen LogP contribution in [0.25, 0.3) is 0 Å². The van der Waals surface area contributed by atoms with Crippen LogP contribution in [0.15, 0.2) is 23.6 Å².